The molecule has 1 unspecified atom stereocenters. The molecule has 0 amide bonds. The van der Waals surface area contributed by atoms with Crippen LogP contribution in [0.1, 0.15) is 51.2 Å². The normalized spacial score (nSPS) is 28.9. The predicted molar refractivity (Wildman–Crippen MR) is 74.0 cm³/mol. The SMILES string of the molecule is CC(C)C1CCC(C#N)(C(O)c2ccncc2)CC1. The fourth-order valence-electron chi connectivity index (χ4n) is 3.13. The lowest BCUT2D eigenvalue weighted by molar-refractivity contribution is 0.0190. The van der Waals surface area contributed by atoms with Crippen LogP contribution in [0.15, 0.2) is 24.5 Å². The van der Waals surface area contributed by atoms with Gasteiger partial charge in [0.15, 0.2) is 0 Å². The molecule has 1 aromatic heterocycles. The van der Waals surface area contributed by atoms with Crippen molar-refractivity contribution in [1.29, 1.82) is 5.26 Å². The van der Waals surface area contributed by atoms with Gasteiger partial charge in [0.2, 0.25) is 0 Å². The summed E-state index contributed by atoms with van der Waals surface area (Å²) in [6.07, 6.45) is 6.28. The van der Waals surface area contributed by atoms with Crippen LogP contribution >= 0.6 is 0 Å². The molecule has 0 spiro atoms. The first-order valence-corrected chi connectivity index (χ1v) is 7.08. The highest BCUT2D eigenvalue weighted by Crippen LogP contribution is 2.48. The Morgan fingerprint density at radius 1 is 1.32 bits per heavy atom. The number of aromatic nitrogens is 1. The second-order valence-corrected chi connectivity index (χ2v) is 6.03. The van der Waals surface area contributed by atoms with Crippen LogP contribution in [0.5, 0.6) is 0 Å². The maximum Gasteiger partial charge on any atom is 0.0977 e. The molecule has 1 N–H and O–H groups in total. The van der Waals surface area contributed by atoms with Gasteiger partial charge in [-0.3, -0.25) is 4.98 Å². The minimum Gasteiger partial charge on any atom is -0.387 e. The fourth-order valence-corrected chi connectivity index (χ4v) is 3.13. The third-order valence-corrected chi connectivity index (χ3v) is 4.63. The van der Waals surface area contributed by atoms with Crippen LogP contribution < -0.4 is 0 Å². The lowest BCUT2D eigenvalue weighted by atomic mass is 9.65. The van der Waals surface area contributed by atoms with E-state index in [2.05, 4.69) is 24.9 Å². The Balaban J connectivity index is 2.15. The molecule has 0 radical (unpaired) electrons. The van der Waals surface area contributed by atoms with Crippen LogP contribution in [0.25, 0.3) is 0 Å². The molecule has 1 aliphatic carbocycles. The lowest BCUT2D eigenvalue weighted by Crippen LogP contribution is -2.33. The number of rotatable bonds is 3. The summed E-state index contributed by atoms with van der Waals surface area (Å²) in [5.41, 5.74) is 0.187. The van der Waals surface area contributed by atoms with Crippen LogP contribution in [0, 0.1) is 28.6 Å². The third kappa shape index (κ3) is 2.79. The largest absolute Gasteiger partial charge is 0.387 e. The van der Waals surface area contributed by atoms with Gasteiger partial charge in [-0.25, -0.2) is 0 Å². The van der Waals surface area contributed by atoms with E-state index in [0.29, 0.717) is 11.8 Å². The Morgan fingerprint density at radius 2 is 1.89 bits per heavy atom. The Morgan fingerprint density at radius 3 is 2.37 bits per heavy atom. The Labute approximate surface area is 115 Å². The first-order valence-electron chi connectivity index (χ1n) is 7.08. The first kappa shape index (κ1) is 14.0. The minimum absolute atomic E-state index is 0.618. The molecule has 1 fully saturated rings. The van der Waals surface area contributed by atoms with Crippen molar-refractivity contribution >= 4 is 0 Å². The van der Waals surface area contributed by atoms with Gasteiger partial charge < -0.3 is 5.11 Å². The van der Waals surface area contributed by atoms with Gasteiger partial charge in [-0.15, -0.1) is 0 Å². The van der Waals surface area contributed by atoms with Crippen LogP contribution in [-0.2, 0) is 0 Å². The number of pyridine rings is 1. The first-order chi connectivity index (χ1) is 9.09. The number of nitriles is 1. The zero-order valence-electron chi connectivity index (χ0n) is 11.7. The van der Waals surface area contributed by atoms with E-state index < -0.39 is 11.5 Å². The van der Waals surface area contributed by atoms with Crippen molar-refractivity contribution in [1.82, 2.24) is 4.98 Å². The highest BCUT2D eigenvalue weighted by molar-refractivity contribution is 5.21. The van der Waals surface area contributed by atoms with E-state index in [-0.39, 0.29) is 0 Å². The predicted octanol–water partition coefficient (Wildman–Crippen LogP) is 3.47. The molecular formula is C16H22N2O. The minimum atomic E-state index is -0.700. The van der Waals surface area contributed by atoms with Crippen molar-refractivity contribution in [3.05, 3.63) is 30.1 Å². The summed E-state index contributed by atoms with van der Waals surface area (Å²) in [7, 11) is 0. The second-order valence-electron chi connectivity index (χ2n) is 6.03. The Hall–Kier alpha value is -1.40. The molecule has 1 aromatic rings. The van der Waals surface area contributed by atoms with E-state index in [9.17, 15) is 10.4 Å². The van der Waals surface area contributed by atoms with E-state index in [1.54, 1.807) is 24.5 Å². The zero-order chi connectivity index (χ0) is 13.9. The summed E-state index contributed by atoms with van der Waals surface area (Å²) in [5, 5.41) is 20.1. The van der Waals surface area contributed by atoms with Crippen LogP contribution in [0.4, 0.5) is 0 Å². The van der Waals surface area contributed by atoms with Crippen molar-refractivity contribution < 1.29 is 5.11 Å². The van der Waals surface area contributed by atoms with Crippen molar-refractivity contribution in [3.63, 3.8) is 0 Å². The summed E-state index contributed by atoms with van der Waals surface area (Å²) >= 11 is 0. The molecule has 1 heterocycles. The number of hydrogen-bond acceptors (Lipinski definition) is 3. The molecule has 0 saturated heterocycles. The summed E-state index contributed by atoms with van der Waals surface area (Å²) in [6, 6.07) is 6.01. The summed E-state index contributed by atoms with van der Waals surface area (Å²) in [6.45, 7) is 4.48. The van der Waals surface area contributed by atoms with Crippen LogP contribution in [0.3, 0.4) is 0 Å². The molecule has 102 valence electrons. The molecular weight excluding hydrogens is 236 g/mol. The summed E-state index contributed by atoms with van der Waals surface area (Å²) in [5.74, 6) is 1.35. The van der Waals surface area contributed by atoms with Gasteiger partial charge in [-0.1, -0.05) is 13.8 Å². The van der Waals surface area contributed by atoms with Gasteiger partial charge in [0.1, 0.15) is 0 Å². The average Bonchev–Trinajstić information content (AvgIpc) is 2.47. The van der Waals surface area contributed by atoms with Gasteiger partial charge in [-0.2, -0.15) is 5.26 Å². The Kier molecular flexibility index (Phi) is 4.21. The van der Waals surface area contributed by atoms with Crippen LogP contribution in [-0.4, -0.2) is 10.1 Å². The van der Waals surface area contributed by atoms with Gasteiger partial charge in [0.05, 0.1) is 17.6 Å². The van der Waals surface area contributed by atoms with Gasteiger partial charge >= 0.3 is 0 Å². The highest BCUT2D eigenvalue weighted by atomic mass is 16.3. The van der Waals surface area contributed by atoms with E-state index in [0.717, 1.165) is 31.2 Å². The van der Waals surface area contributed by atoms with Crippen LogP contribution in [0.2, 0.25) is 0 Å². The molecule has 0 bridgehead atoms. The van der Waals surface area contributed by atoms with Crippen molar-refractivity contribution in [2.45, 2.75) is 45.6 Å². The number of aliphatic hydroxyl groups excluding tert-OH is 1. The zero-order valence-corrected chi connectivity index (χ0v) is 11.7. The van der Waals surface area contributed by atoms with Crippen molar-refractivity contribution in [3.8, 4) is 6.07 Å². The molecule has 3 heteroatoms. The standard InChI is InChI=1S/C16H22N2O/c1-12(2)13-3-7-16(11-17,8-4-13)15(19)14-5-9-18-10-6-14/h5-6,9-10,12-13,15,19H,3-4,7-8H2,1-2H3. The molecule has 0 aromatic carbocycles. The highest BCUT2D eigenvalue weighted by Gasteiger charge is 2.42. The molecule has 2 rings (SSSR count). The molecule has 19 heavy (non-hydrogen) atoms. The van der Waals surface area contributed by atoms with Crippen molar-refractivity contribution in [2.24, 2.45) is 17.3 Å². The molecule has 3 nitrogen and oxygen atoms in total. The van der Waals surface area contributed by atoms with E-state index in [1.165, 1.54) is 0 Å². The van der Waals surface area contributed by atoms with Gasteiger partial charge in [0.25, 0.3) is 0 Å². The number of hydrogen-bond donors (Lipinski definition) is 1. The fraction of sp³-hybridized carbons (Fsp3) is 0.625. The maximum absolute atomic E-state index is 10.6. The summed E-state index contributed by atoms with van der Waals surface area (Å²) < 4.78 is 0. The number of aliphatic hydroxyl groups is 1. The maximum atomic E-state index is 10.6. The van der Waals surface area contributed by atoms with Gasteiger partial charge in [-0.05, 0) is 55.2 Å². The van der Waals surface area contributed by atoms with Gasteiger partial charge in [0, 0.05) is 12.4 Å². The Bertz CT molecular complexity index is 442. The topological polar surface area (TPSA) is 56.9 Å². The van der Waals surface area contributed by atoms with E-state index in [4.69, 9.17) is 0 Å². The monoisotopic (exact) mass is 258 g/mol. The average molecular weight is 258 g/mol. The molecule has 1 saturated carbocycles. The quantitative estimate of drug-likeness (QED) is 0.903. The molecule has 0 aliphatic heterocycles. The number of nitrogens with zero attached hydrogens (tertiary/aromatic N) is 2. The lowest BCUT2D eigenvalue weighted by Gasteiger charge is -2.39. The van der Waals surface area contributed by atoms with Crippen molar-refractivity contribution in [2.75, 3.05) is 0 Å². The van der Waals surface area contributed by atoms with E-state index >= 15 is 0 Å². The summed E-state index contributed by atoms with van der Waals surface area (Å²) in [4.78, 5) is 3.96. The smallest absolute Gasteiger partial charge is 0.0977 e. The third-order valence-electron chi connectivity index (χ3n) is 4.63. The van der Waals surface area contributed by atoms with E-state index in [1.807, 2.05) is 0 Å². The molecule has 1 atom stereocenters. The molecule has 1 aliphatic rings. The second kappa shape index (κ2) is 5.71.